The molecule has 1 aromatic carbocycles. The zero-order valence-corrected chi connectivity index (χ0v) is 14.1. The van der Waals surface area contributed by atoms with Gasteiger partial charge in [-0.2, -0.15) is 0 Å². The highest BCUT2D eigenvalue weighted by molar-refractivity contribution is 6.39. The van der Waals surface area contributed by atoms with Crippen molar-refractivity contribution in [3.8, 4) is 11.5 Å². The Balaban J connectivity index is 1.96. The number of anilines is 1. The molecule has 7 heteroatoms. The average Bonchev–Trinajstić information content (AvgIpc) is 2.89. The van der Waals surface area contributed by atoms with E-state index in [0.29, 0.717) is 22.9 Å². The number of amides is 2. The molecule has 128 valence electrons. The second kappa shape index (κ2) is 7.54. The van der Waals surface area contributed by atoms with Crippen molar-refractivity contribution in [3.63, 3.8) is 0 Å². The van der Waals surface area contributed by atoms with Crippen molar-refractivity contribution < 1.29 is 23.5 Å². The normalized spacial score (nSPS) is 10.2. The molecule has 2 N–H and O–H groups in total. The SMILES string of the molecule is COc1ccc(NC(=O)C(=O)NCc2cc(C)oc2C)cc1OC. The second-order valence-electron chi connectivity index (χ2n) is 5.15. The molecule has 0 saturated carbocycles. The minimum atomic E-state index is -0.764. The van der Waals surface area contributed by atoms with Crippen LogP contribution in [0, 0.1) is 13.8 Å². The molecule has 7 nitrogen and oxygen atoms in total. The summed E-state index contributed by atoms with van der Waals surface area (Å²) in [6.07, 6.45) is 0. The molecular weight excluding hydrogens is 312 g/mol. The Labute approximate surface area is 139 Å². The maximum Gasteiger partial charge on any atom is 0.313 e. The summed E-state index contributed by atoms with van der Waals surface area (Å²) in [5.74, 6) is 0.966. The largest absolute Gasteiger partial charge is 0.493 e. The molecule has 0 spiro atoms. The number of benzene rings is 1. The van der Waals surface area contributed by atoms with Crippen molar-refractivity contribution >= 4 is 17.5 Å². The van der Waals surface area contributed by atoms with E-state index in [4.69, 9.17) is 13.9 Å². The topological polar surface area (TPSA) is 89.8 Å². The third-order valence-corrected chi connectivity index (χ3v) is 3.43. The number of hydrogen-bond acceptors (Lipinski definition) is 5. The van der Waals surface area contributed by atoms with Gasteiger partial charge < -0.3 is 24.5 Å². The fourth-order valence-electron chi connectivity index (χ4n) is 2.22. The fourth-order valence-corrected chi connectivity index (χ4v) is 2.22. The van der Waals surface area contributed by atoms with E-state index in [9.17, 15) is 9.59 Å². The summed E-state index contributed by atoms with van der Waals surface area (Å²) < 4.78 is 15.6. The zero-order chi connectivity index (χ0) is 17.7. The molecule has 0 atom stereocenters. The van der Waals surface area contributed by atoms with Gasteiger partial charge in [-0.05, 0) is 32.0 Å². The zero-order valence-electron chi connectivity index (χ0n) is 14.1. The first kappa shape index (κ1) is 17.4. The summed E-state index contributed by atoms with van der Waals surface area (Å²) >= 11 is 0. The van der Waals surface area contributed by atoms with Crippen LogP contribution in [0.5, 0.6) is 11.5 Å². The Kier molecular flexibility index (Phi) is 5.47. The fraction of sp³-hybridized carbons (Fsp3) is 0.294. The number of rotatable bonds is 5. The van der Waals surface area contributed by atoms with E-state index in [2.05, 4.69) is 10.6 Å². The van der Waals surface area contributed by atoms with Crippen LogP contribution < -0.4 is 20.1 Å². The van der Waals surface area contributed by atoms with Crippen LogP contribution in [0.4, 0.5) is 5.69 Å². The molecule has 0 aliphatic rings. The molecule has 2 amide bonds. The summed E-state index contributed by atoms with van der Waals surface area (Å²) in [5, 5.41) is 5.07. The predicted molar refractivity (Wildman–Crippen MR) is 88.2 cm³/mol. The van der Waals surface area contributed by atoms with E-state index in [0.717, 1.165) is 11.3 Å². The van der Waals surface area contributed by atoms with E-state index >= 15 is 0 Å². The van der Waals surface area contributed by atoms with Gasteiger partial charge in [-0.1, -0.05) is 0 Å². The third kappa shape index (κ3) is 4.07. The molecule has 0 aliphatic carbocycles. The van der Waals surface area contributed by atoms with Crippen molar-refractivity contribution in [1.29, 1.82) is 0 Å². The molecule has 2 rings (SSSR count). The molecule has 0 unspecified atom stereocenters. The first-order valence-corrected chi connectivity index (χ1v) is 7.31. The smallest absolute Gasteiger partial charge is 0.313 e. The highest BCUT2D eigenvalue weighted by Crippen LogP contribution is 2.29. The van der Waals surface area contributed by atoms with Crippen LogP contribution in [0.25, 0.3) is 0 Å². The van der Waals surface area contributed by atoms with E-state index in [1.54, 1.807) is 25.1 Å². The number of furan rings is 1. The summed E-state index contributed by atoms with van der Waals surface area (Å²) in [4.78, 5) is 23.9. The van der Waals surface area contributed by atoms with Crippen molar-refractivity contribution in [2.75, 3.05) is 19.5 Å². The lowest BCUT2D eigenvalue weighted by atomic mass is 10.2. The van der Waals surface area contributed by atoms with Crippen LogP contribution in [0.2, 0.25) is 0 Å². The van der Waals surface area contributed by atoms with E-state index in [-0.39, 0.29) is 6.54 Å². The number of aryl methyl sites for hydroxylation is 2. The Morgan fingerprint density at radius 1 is 1.04 bits per heavy atom. The first-order chi connectivity index (χ1) is 11.4. The standard InChI is InChI=1S/C17H20N2O5/c1-10-7-12(11(2)24-10)9-18-16(20)17(21)19-13-5-6-14(22-3)15(8-13)23-4/h5-8H,9H2,1-4H3,(H,18,20)(H,19,21). The molecule has 1 heterocycles. The van der Waals surface area contributed by atoms with Gasteiger partial charge >= 0.3 is 11.8 Å². The van der Waals surface area contributed by atoms with Gasteiger partial charge in [-0.15, -0.1) is 0 Å². The van der Waals surface area contributed by atoms with Gasteiger partial charge in [-0.3, -0.25) is 9.59 Å². The van der Waals surface area contributed by atoms with Crippen LogP contribution in [0.15, 0.2) is 28.7 Å². The Morgan fingerprint density at radius 2 is 1.75 bits per heavy atom. The maximum atomic E-state index is 12.0. The number of hydrogen-bond donors (Lipinski definition) is 2. The molecule has 2 aromatic rings. The summed E-state index contributed by atoms with van der Waals surface area (Å²) in [5.41, 5.74) is 1.27. The van der Waals surface area contributed by atoms with E-state index in [1.165, 1.54) is 14.2 Å². The molecule has 0 bridgehead atoms. The highest BCUT2D eigenvalue weighted by atomic mass is 16.5. The average molecular weight is 332 g/mol. The maximum absolute atomic E-state index is 12.0. The van der Waals surface area contributed by atoms with Crippen molar-refractivity contribution in [3.05, 3.63) is 41.3 Å². The van der Waals surface area contributed by atoms with Gasteiger partial charge in [0, 0.05) is 23.9 Å². The molecule has 0 radical (unpaired) electrons. The number of ether oxygens (including phenoxy) is 2. The third-order valence-electron chi connectivity index (χ3n) is 3.43. The number of methoxy groups -OCH3 is 2. The van der Waals surface area contributed by atoms with Gasteiger partial charge in [0.25, 0.3) is 0 Å². The lowest BCUT2D eigenvalue weighted by Gasteiger charge is -2.10. The van der Waals surface area contributed by atoms with Gasteiger partial charge in [0.05, 0.1) is 14.2 Å². The Bertz CT molecular complexity index is 751. The van der Waals surface area contributed by atoms with Crippen LogP contribution in [-0.2, 0) is 16.1 Å². The number of carbonyl (C=O) groups excluding carboxylic acids is 2. The van der Waals surface area contributed by atoms with Crippen LogP contribution in [0.1, 0.15) is 17.1 Å². The Morgan fingerprint density at radius 3 is 2.33 bits per heavy atom. The van der Waals surface area contributed by atoms with Crippen LogP contribution in [-0.4, -0.2) is 26.0 Å². The summed E-state index contributed by atoms with van der Waals surface area (Å²) in [6, 6.07) is 6.66. The molecule has 0 aliphatic heterocycles. The van der Waals surface area contributed by atoms with Crippen molar-refractivity contribution in [2.45, 2.75) is 20.4 Å². The Hall–Kier alpha value is -2.96. The minimum absolute atomic E-state index is 0.224. The summed E-state index contributed by atoms with van der Waals surface area (Å²) in [6.45, 7) is 3.85. The van der Waals surface area contributed by atoms with E-state index < -0.39 is 11.8 Å². The van der Waals surface area contributed by atoms with Crippen LogP contribution in [0.3, 0.4) is 0 Å². The molecular formula is C17H20N2O5. The monoisotopic (exact) mass is 332 g/mol. The lowest BCUT2D eigenvalue weighted by molar-refractivity contribution is -0.136. The van der Waals surface area contributed by atoms with Crippen molar-refractivity contribution in [1.82, 2.24) is 5.32 Å². The highest BCUT2D eigenvalue weighted by Gasteiger charge is 2.15. The lowest BCUT2D eigenvalue weighted by Crippen LogP contribution is -2.35. The van der Waals surface area contributed by atoms with Gasteiger partial charge in [-0.25, -0.2) is 0 Å². The first-order valence-electron chi connectivity index (χ1n) is 7.31. The van der Waals surface area contributed by atoms with Crippen LogP contribution >= 0.6 is 0 Å². The van der Waals surface area contributed by atoms with E-state index in [1.807, 2.05) is 13.0 Å². The second-order valence-corrected chi connectivity index (χ2v) is 5.15. The van der Waals surface area contributed by atoms with Gasteiger partial charge in [0.15, 0.2) is 11.5 Å². The molecule has 1 aromatic heterocycles. The number of nitrogens with one attached hydrogen (secondary N) is 2. The molecule has 0 saturated heterocycles. The molecule has 24 heavy (non-hydrogen) atoms. The summed E-state index contributed by atoms with van der Waals surface area (Å²) in [7, 11) is 3.01. The van der Waals surface area contributed by atoms with Gasteiger partial charge in [0.1, 0.15) is 11.5 Å². The number of carbonyl (C=O) groups is 2. The minimum Gasteiger partial charge on any atom is -0.493 e. The van der Waals surface area contributed by atoms with Gasteiger partial charge in [0.2, 0.25) is 0 Å². The quantitative estimate of drug-likeness (QED) is 0.819. The predicted octanol–water partition coefficient (Wildman–Crippen LogP) is 2.17. The van der Waals surface area contributed by atoms with Crippen molar-refractivity contribution in [2.24, 2.45) is 0 Å². The molecule has 0 fully saturated rings.